The predicted molar refractivity (Wildman–Crippen MR) is 108 cm³/mol. The van der Waals surface area contributed by atoms with Crippen LogP contribution in [0, 0.1) is 0 Å². The fourth-order valence-corrected chi connectivity index (χ4v) is 4.78. The molecule has 3 amide bonds. The Labute approximate surface area is 163 Å². The van der Waals surface area contributed by atoms with E-state index in [-0.39, 0.29) is 23.2 Å². The largest absolute Gasteiger partial charge is 0.352 e. The molecule has 5 nitrogen and oxygen atoms in total. The van der Waals surface area contributed by atoms with Gasteiger partial charge in [-0.2, -0.15) is 0 Å². The zero-order chi connectivity index (χ0) is 18.6. The van der Waals surface area contributed by atoms with Gasteiger partial charge >= 0.3 is 6.03 Å². The lowest BCUT2D eigenvalue weighted by atomic mass is 10.0. The summed E-state index contributed by atoms with van der Waals surface area (Å²) >= 11 is 1.65. The molecule has 0 aromatic heterocycles. The highest BCUT2D eigenvalue weighted by Gasteiger charge is 2.30. The number of rotatable bonds is 3. The van der Waals surface area contributed by atoms with Gasteiger partial charge < -0.3 is 15.5 Å². The summed E-state index contributed by atoms with van der Waals surface area (Å²) in [5.41, 5.74) is 2.06. The van der Waals surface area contributed by atoms with Crippen LogP contribution in [-0.4, -0.2) is 41.2 Å². The number of carbonyl (C=O) groups is 2. The first kappa shape index (κ1) is 17.9. The summed E-state index contributed by atoms with van der Waals surface area (Å²) in [6, 6.07) is 17.8. The lowest BCUT2D eigenvalue weighted by Crippen LogP contribution is -2.49. The summed E-state index contributed by atoms with van der Waals surface area (Å²) in [5.74, 6) is 0.114. The molecule has 1 fully saturated rings. The maximum atomic E-state index is 12.6. The molecule has 2 N–H and O–H groups in total. The number of benzene rings is 2. The second-order valence-electron chi connectivity index (χ2n) is 6.98. The number of fused-ring (bicyclic) bond motifs is 1. The number of carbonyl (C=O) groups excluding carboxylic acids is 2. The molecule has 2 aromatic carbocycles. The van der Waals surface area contributed by atoms with Gasteiger partial charge in [0.2, 0.25) is 5.91 Å². The lowest BCUT2D eigenvalue weighted by molar-refractivity contribution is -0.121. The van der Waals surface area contributed by atoms with Crippen LogP contribution < -0.4 is 10.6 Å². The number of nitrogens with one attached hydrogen (secondary N) is 2. The molecule has 0 aliphatic carbocycles. The normalized spacial score (nSPS) is 19.4. The van der Waals surface area contributed by atoms with Crippen LogP contribution in [-0.2, 0) is 11.2 Å². The molecule has 27 heavy (non-hydrogen) atoms. The minimum absolute atomic E-state index is 0.0400. The molecule has 0 radical (unpaired) electrons. The van der Waals surface area contributed by atoms with Crippen LogP contribution in [0.15, 0.2) is 59.5 Å². The van der Waals surface area contributed by atoms with Crippen molar-refractivity contribution in [1.29, 1.82) is 0 Å². The second kappa shape index (κ2) is 8.05. The van der Waals surface area contributed by atoms with Gasteiger partial charge in [0.1, 0.15) is 0 Å². The van der Waals surface area contributed by atoms with Crippen molar-refractivity contribution in [3.05, 3.63) is 60.2 Å². The number of anilines is 1. The molecule has 1 saturated heterocycles. The van der Waals surface area contributed by atoms with Crippen LogP contribution in [0.3, 0.4) is 0 Å². The highest BCUT2D eigenvalue weighted by Crippen LogP contribution is 2.36. The van der Waals surface area contributed by atoms with Gasteiger partial charge in [-0.15, -0.1) is 11.8 Å². The van der Waals surface area contributed by atoms with Crippen molar-refractivity contribution in [2.45, 2.75) is 35.4 Å². The maximum absolute atomic E-state index is 12.6. The summed E-state index contributed by atoms with van der Waals surface area (Å²) in [6.07, 6.45) is 2.38. The number of thioether (sulfide) groups is 1. The summed E-state index contributed by atoms with van der Waals surface area (Å²) in [4.78, 5) is 28.0. The monoisotopic (exact) mass is 381 g/mol. The van der Waals surface area contributed by atoms with Crippen molar-refractivity contribution in [2.75, 3.05) is 18.4 Å². The van der Waals surface area contributed by atoms with Crippen molar-refractivity contribution in [1.82, 2.24) is 10.2 Å². The molecule has 0 spiro atoms. The summed E-state index contributed by atoms with van der Waals surface area (Å²) < 4.78 is 0. The molecule has 2 aliphatic rings. The van der Waals surface area contributed by atoms with E-state index in [9.17, 15) is 9.59 Å². The first-order valence-corrected chi connectivity index (χ1v) is 10.2. The van der Waals surface area contributed by atoms with Gasteiger partial charge in [0, 0.05) is 29.7 Å². The average Bonchev–Trinajstić information content (AvgIpc) is 3.14. The van der Waals surface area contributed by atoms with E-state index >= 15 is 0 Å². The number of amides is 3. The molecular weight excluding hydrogens is 358 g/mol. The van der Waals surface area contributed by atoms with Gasteiger partial charge in [-0.05, 0) is 43.0 Å². The fourth-order valence-electron chi connectivity index (χ4n) is 3.57. The van der Waals surface area contributed by atoms with Gasteiger partial charge in [0.25, 0.3) is 0 Å². The highest BCUT2D eigenvalue weighted by molar-refractivity contribution is 8.01. The van der Waals surface area contributed by atoms with Gasteiger partial charge in [-0.1, -0.05) is 36.4 Å². The van der Waals surface area contributed by atoms with Gasteiger partial charge in [-0.25, -0.2) is 4.79 Å². The molecule has 2 heterocycles. The summed E-state index contributed by atoms with van der Waals surface area (Å²) in [5, 5.41) is 6.07. The number of hydrogen-bond donors (Lipinski definition) is 2. The molecule has 0 saturated carbocycles. The minimum Gasteiger partial charge on any atom is -0.352 e. The van der Waals surface area contributed by atoms with Crippen LogP contribution in [0.1, 0.15) is 18.4 Å². The highest BCUT2D eigenvalue weighted by atomic mass is 32.2. The number of urea groups is 1. The number of para-hydroxylation sites is 1. The summed E-state index contributed by atoms with van der Waals surface area (Å²) in [6.45, 7) is 1.31. The number of hydrogen-bond acceptors (Lipinski definition) is 3. The van der Waals surface area contributed by atoms with E-state index < -0.39 is 0 Å². The van der Waals surface area contributed by atoms with Crippen molar-refractivity contribution in [2.24, 2.45) is 0 Å². The fraction of sp³-hybridized carbons (Fsp3) is 0.333. The van der Waals surface area contributed by atoms with E-state index in [2.05, 4.69) is 22.8 Å². The van der Waals surface area contributed by atoms with Crippen LogP contribution >= 0.6 is 11.8 Å². The third-order valence-electron chi connectivity index (χ3n) is 5.09. The quantitative estimate of drug-likeness (QED) is 0.855. The second-order valence-corrected chi connectivity index (χ2v) is 8.23. The molecule has 2 aromatic rings. The van der Waals surface area contributed by atoms with Crippen LogP contribution in [0.2, 0.25) is 0 Å². The standard InChI is InChI=1S/C21H23N3O2S/c25-20(19-14-15-6-4-5-9-18(15)27-19)22-17-10-12-24(13-11-17)21(26)23-16-7-2-1-3-8-16/h1-9,17,19H,10-14H2,(H,22,25)(H,23,26). The molecule has 2 aliphatic heterocycles. The number of likely N-dealkylation sites (tertiary alicyclic amines) is 1. The molecule has 4 rings (SSSR count). The molecule has 140 valence electrons. The Morgan fingerprint density at radius 3 is 2.41 bits per heavy atom. The molecule has 0 bridgehead atoms. The SMILES string of the molecule is O=C(NC1CCN(C(=O)Nc2ccccc2)CC1)C1Cc2ccccc2S1. The van der Waals surface area contributed by atoms with Gasteiger partial charge in [0.05, 0.1) is 5.25 Å². The first-order valence-electron chi connectivity index (χ1n) is 9.35. The number of piperidine rings is 1. The predicted octanol–water partition coefficient (Wildman–Crippen LogP) is 3.52. The molecule has 1 unspecified atom stereocenters. The third kappa shape index (κ3) is 4.27. The summed E-state index contributed by atoms with van der Waals surface area (Å²) in [7, 11) is 0. The lowest BCUT2D eigenvalue weighted by Gasteiger charge is -2.32. The molecular formula is C21H23N3O2S. The Bertz CT molecular complexity index is 794. The Hall–Kier alpha value is -2.47. The van der Waals surface area contributed by atoms with Crippen LogP contribution in [0.5, 0.6) is 0 Å². The van der Waals surface area contributed by atoms with E-state index in [0.29, 0.717) is 13.1 Å². The van der Waals surface area contributed by atoms with E-state index in [1.54, 1.807) is 11.8 Å². The van der Waals surface area contributed by atoms with E-state index in [0.717, 1.165) is 24.9 Å². The maximum Gasteiger partial charge on any atom is 0.321 e. The molecule has 6 heteroatoms. The minimum atomic E-state index is -0.0761. The smallest absolute Gasteiger partial charge is 0.321 e. The Kier molecular flexibility index (Phi) is 5.34. The average molecular weight is 382 g/mol. The Morgan fingerprint density at radius 1 is 0.963 bits per heavy atom. The number of nitrogens with zero attached hydrogens (tertiary/aromatic N) is 1. The Morgan fingerprint density at radius 2 is 1.67 bits per heavy atom. The van der Waals surface area contributed by atoms with Crippen molar-refractivity contribution in [3.8, 4) is 0 Å². The van der Waals surface area contributed by atoms with E-state index in [1.807, 2.05) is 47.4 Å². The van der Waals surface area contributed by atoms with Crippen molar-refractivity contribution >= 4 is 29.4 Å². The van der Waals surface area contributed by atoms with Crippen LogP contribution in [0.25, 0.3) is 0 Å². The topological polar surface area (TPSA) is 61.4 Å². The van der Waals surface area contributed by atoms with Crippen molar-refractivity contribution in [3.63, 3.8) is 0 Å². The third-order valence-corrected chi connectivity index (χ3v) is 6.41. The zero-order valence-corrected chi connectivity index (χ0v) is 15.9. The van der Waals surface area contributed by atoms with Crippen molar-refractivity contribution < 1.29 is 9.59 Å². The molecule has 1 atom stereocenters. The Balaban J connectivity index is 1.24. The van der Waals surface area contributed by atoms with Crippen LogP contribution in [0.4, 0.5) is 10.5 Å². The van der Waals surface area contributed by atoms with E-state index in [1.165, 1.54) is 10.5 Å². The first-order chi connectivity index (χ1) is 13.2. The zero-order valence-electron chi connectivity index (χ0n) is 15.1. The van der Waals surface area contributed by atoms with Gasteiger partial charge in [0.15, 0.2) is 0 Å². The van der Waals surface area contributed by atoms with Gasteiger partial charge in [-0.3, -0.25) is 4.79 Å². The van der Waals surface area contributed by atoms with E-state index in [4.69, 9.17) is 0 Å².